The Morgan fingerprint density at radius 2 is 2.00 bits per heavy atom. The van der Waals surface area contributed by atoms with Gasteiger partial charge in [0.25, 0.3) is 0 Å². The quantitative estimate of drug-likeness (QED) is 0.677. The molecule has 1 aromatic rings. The molecule has 1 aromatic heterocycles. The molecule has 1 aliphatic rings. The van der Waals surface area contributed by atoms with Crippen molar-refractivity contribution in [2.24, 2.45) is 0 Å². The van der Waals surface area contributed by atoms with Crippen LogP contribution in [0.25, 0.3) is 0 Å². The van der Waals surface area contributed by atoms with Gasteiger partial charge in [-0.2, -0.15) is 0 Å². The van der Waals surface area contributed by atoms with Gasteiger partial charge in [0, 0.05) is 17.5 Å². The predicted octanol–water partition coefficient (Wildman–Crippen LogP) is 3.25. The average Bonchev–Trinajstić information content (AvgIpc) is 2.68. The van der Waals surface area contributed by atoms with E-state index in [1.54, 1.807) is 11.3 Å². The van der Waals surface area contributed by atoms with Crippen LogP contribution in [0.5, 0.6) is 0 Å². The molecule has 2 rings (SSSR count). The van der Waals surface area contributed by atoms with Crippen LogP contribution in [0.2, 0.25) is 0 Å². The monoisotopic (exact) mass is 277 g/mol. The van der Waals surface area contributed by atoms with E-state index in [0.717, 1.165) is 17.5 Å². The Labute approximate surface area is 120 Å². The topological polar surface area (TPSA) is 23.5 Å². The van der Waals surface area contributed by atoms with Crippen LogP contribution >= 0.6 is 11.3 Å². The van der Waals surface area contributed by atoms with Gasteiger partial charge >= 0.3 is 0 Å². The third kappa shape index (κ3) is 4.65. The second-order valence-corrected chi connectivity index (χ2v) is 6.45. The van der Waals surface area contributed by atoms with Crippen LogP contribution in [0.1, 0.15) is 48.3 Å². The van der Waals surface area contributed by atoms with Gasteiger partial charge < -0.3 is 5.11 Å². The molecule has 0 spiro atoms. The first kappa shape index (κ1) is 14.6. The lowest BCUT2D eigenvalue weighted by Crippen LogP contribution is -2.30. The molecular formula is C16H23NOS. The number of hydrogen-bond donors (Lipinski definition) is 1. The number of nitrogens with zero attached hydrogens (tertiary/aromatic N) is 1. The lowest BCUT2D eigenvalue weighted by Gasteiger charge is -2.26. The average molecular weight is 277 g/mol. The van der Waals surface area contributed by atoms with Crippen molar-refractivity contribution in [1.82, 2.24) is 4.90 Å². The third-order valence-corrected chi connectivity index (χ3v) is 4.79. The van der Waals surface area contributed by atoms with E-state index in [0.29, 0.717) is 0 Å². The largest absolute Gasteiger partial charge is 0.384 e. The Bertz CT molecular complexity index is 435. The van der Waals surface area contributed by atoms with E-state index in [-0.39, 0.29) is 6.61 Å². The normalized spacial score (nSPS) is 17.0. The molecule has 0 radical (unpaired) electrons. The van der Waals surface area contributed by atoms with Gasteiger partial charge in [0.2, 0.25) is 0 Å². The van der Waals surface area contributed by atoms with Crippen molar-refractivity contribution in [3.63, 3.8) is 0 Å². The van der Waals surface area contributed by atoms with Gasteiger partial charge in [-0.05, 0) is 32.0 Å². The highest BCUT2D eigenvalue weighted by Crippen LogP contribution is 2.24. The molecule has 19 heavy (non-hydrogen) atoms. The van der Waals surface area contributed by atoms with Crippen molar-refractivity contribution in [2.45, 2.75) is 51.1 Å². The molecule has 0 aliphatic heterocycles. The molecule has 3 heteroatoms. The summed E-state index contributed by atoms with van der Waals surface area (Å²) in [6, 6.07) is 4.97. The van der Waals surface area contributed by atoms with Crippen LogP contribution in [-0.4, -0.2) is 29.7 Å². The van der Waals surface area contributed by atoms with Crippen molar-refractivity contribution < 1.29 is 5.11 Å². The van der Waals surface area contributed by atoms with Crippen molar-refractivity contribution in [2.75, 3.05) is 13.7 Å². The molecule has 1 heterocycles. The minimum atomic E-state index is -0.0603. The second-order valence-electron chi connectivity index (χ2n) is 5.29. The highest BCUT2D eigenvalue weighted by molar-refractivity contribution is 7.12. The Morgan fingerprint density at radius 1 is 1.26 bits per heavy atom. The fourth-order valence-corrected chi connectivity index (χ4v) is 3.68. The first-order chi connectivity index (χ1) is 9.29. The molecule has 1 aliphatic carbocycles. The number of hydrogen-bond acceptors (Lipinski definition) is 3. The zero-order valence-corrected chi connectivity index (χ0v) is 12.5. The summed E-state index contributed by atoms with van der Waals surface area (Å²) in [7, 11) is 2.24. The summed E-state index contributed by atoms with van der Waals surface area (Å²) in [5.41, 5.74) is 0. The number of aliphatic hydroxyl groups excluding tert-OH is 1. The molecule has 0 amide bonds. The van der Waals surface area contributed by atoms with Gasteiger partial charge in [-0.3, -0.25) is 4.90 Å². The molecule has 104 valence electrons. The standard InChI is InChI=1S/C16H23NOS/c1-17(14-7-4-2-3-5-8-14)13-16-11-10-15(19-16)9-6-12-18/h10-11,14,18H,2-5,7-8,12-13H2,1H3. The van der Waals surface area contributed by atoms with E-state index in [1.165, 1.54) is 43.4 Å². The van der Waals surface area contributed by atoms with E-state index in [4.69, 9.17) is 5.11 Å². The minimum absolute atomic E-state index is 0.0603. The van der Waals surface area contributed by atoms with Crippen molar-refractivity contribution >= 4 is 11.3 Å². The van der Waals surface area contributed by atoms with Crippen LogP contribution in [0.4, 0.5) is 0 Å². The first-order valence-electron chi connectivity index (χ1n) is 7.18. The van der Waals surface area contributed by atoms with Gasteiger partial charge in [0.05, 0.1) is 4.88 Å². The zero-order valence-electron chi connectivity index (χ0n) is 11.7. The van der Waals surface area contributed by atoms with E-state index < -0.39 is 0 Å². The van der Waals surface area contributed by atoms with Crippen LogP contribution in [0.15, 0.2) is 12.1 Å². The maximum atomic E-state index is 8.70. The van der Waals surface area contributed by atoms with Gasteiger partial charge in [0.1, 0.15) is 6.61 Å². The van der Waals surface area contributed by atoms with E-state index in [9.17, 15) is 0 Å². The van der Waals surface area contributed by atoms with Crippen LogP contribution in [0, 0.1) is 11.8 Å². The summed E-state index contributed by atoms with van der Waals surface area (Å²) in [6.07, 6.45) is 8.27. The molecular weight excluding hydrogens is 254 g/mol. The van der Waals surface area contributed by atoms with E-state index >= 15 is 0 Å². The number of aliphatic hydroxyl groups is 1. The SMILES string of the molecule is CN(Cc1ccc(C#CCO)s1)C1CCCCCC1. The molecule has 1 saturated carbocycles. The smallest absolute Gasteiger partial charge is 0.104 e. The summed E-state index contributed by atoms with van der Waals surface area (Å²) in [5.74, 6) is 5.68. The lowest BCUT2D eigenvalue weighted by atomic mass is 10.1. The summed E-state index contributed by atoms with van der Waals surface area (Å²) in [4.78, 5) is 4.92. The van der Waals surface area contributed by atoms with Crippen molar-refractivity contribution in [3.05, 3.63) is 21.9 Å². The molecule has 0 aromatic carbocycles. The molecule has 0 atom stereocenters. The summed E-state index contributed by atoms with van der Waals surface area (Å²) >= 11 is 1.74. The van der Waals surface area contributed by atoms with E-state index in [2.05, 4.69) is 35.9 Å². The third-order valence-electron chi connectivity index (χ3n) is 3.81. The molecule has 0 bridgehead atoms. The van der Waals surface area contributed by atoms with Crippen molar-refractivity contribution in [1.29, 1.82) is 0 Å². The highest BCUT2D eigenvalue weighted by Gasteiger charge is 2.17. The summed E-state index contributed by atoms with van der Waals surface area (Å²) < 4.78 is 0. The lowest BCUT2D eigenvalue weighted by molar-refractivity contribution is 0.215. The van der Waals surface area contributed by atoms with Gasteiger partial charge in [-0.25, -0.2) is 0 Å². The Hall–Kier alpha value is -0.820. The molecule has 1 fully saturated rings. The molecule has 0 unspecified atom stereocenters. The molecule has 2 nitrogen and oxygen atoms in total. The molecule has 0 saturated heterocycles. The van der Waals surface area contributed by atoms with Crippen molar-refractivity contribution in [3.8, 4) is 11.8 Å². The fourth-order valence-electron chi connectivity index (χ4n) is 2.73. The maximum absolute atomic E-state index is 8.70. The number of rotatable bonds is 3. The summed E-state index contributed by atoms with van der Waals surface area (Å²) in [5, 5.41) is 8.70. The Balaban J connectivity index is 1.90. The van der Waals surface area contributed by atoms with Crippen LogP contribution < -0.4 is 0 Å². The zero-order chi connectivity index (χ0) is 13.5. The van der Waals surface area contributed by atoms with Gasteiger partial charge in [0.15, 0.2) is 0 Å². The molecule has 1 N–H and O–H groups in total. The predicted molar refractivity (Wildman–Crippen MR) is 81.2 cm³/mol. The van der Waals surface area contributed by atoms with Crippen LogP contribution in [-0.2, 0) is 6.54 Å². The van der Waals surface area contributed by atoms with E-state index in [1.807, 2.05) is 0 Å². The Morgan fingerprint density at radius 3 is 2.68 bits per heavy atom. The van der Waals surface area contributed by atoms with Gasteiger partial charge in [-0.1, -0.05) is 37.5 Å². The van der Waals surface area contributed by atoms with Gasteiger partial charge in [-0.15, -0.1) is 11.3 Å². The Kier molecular flexibility index (Phi) is 5.91. The first-order valence-corrected chi connectivity index (χ1v) is 8.00. The fraction of sp³-hybridized carbons (Fsp3) is 0.625. The second kappa shape index (κ2) is 7.69. The number of thiophene rings is 1. The minimum Gasteiger partial charge on any atom is -0.384 e. The van der Waals surface area contributed by atoms with Crippen LogP contribution in [0.3, 0.4) is 0 Å². The highest BCUT2D eigenvalue weighted by atomic mass is 32.1. The summed E-state index contributed by atoms with van der Waals surface area (Å²) in [6.45, 7) is 0.964. The maximum Gasteiger partial charge on any atom is 0.104 e.